The van der Waals surface area contributed by atoms with Crippen molar-refractivity contribution in [3.05, 3.63) is 129 Å². The van der Waals surface area contributed by atoms with E-state index in [2.05, 4.69) is 5.32 Å². The number of nitrogens with one attached hydrogen (secondary N) is 1. The van der Waals surface area contributed by atoms with Gasteiger partial charge in [0.1, 0.15) is 12.6 Å². The molecule has 0 fully saturated rings. The fourth-order valence-corrected chi connectivity index (χ4v) is 6.77. The molecule has 45 heavy (non-hydrogen) atoms. The Morgan fingerprint density at radius 2 is 1.33 bits per heavy atom. The quantitative estimate of drug-likeness (QED) is 0.178. The number of benzene rings is 4. The molecule has 0 spiro atoms. The Bertz CT molecular complexity index is 1710. The van der Waals surface area contributed by atoms with Crippen LogP contribution in [0.25, 0.3) is 0 Å². The molecule has 4 aromatic rings. The molecule has 0 saturated carbocycles. The molecular weight excluding hydrogens is 653 g/mol. The highest BCUT2D eigenvalue weighted by Gasteiger charge is 2.36. The Hall–Kier alpha value is -3.56. The summed E-state index contributed by atoms with van der Waals surface area (Å²) in [6, 6.07) is 27.2. The fraction of sp³-hybridized carbons (Fsp3) is 0.235. The van der Waals surface area contributed by atoms with Crippen LogP contribution in [0, 0.1) is 0 Å². The first-order chi connectivity index (χ1) is 21.3. The number of rotatable bonds is 11. The molecule has 4 rings (SSSR count). The normalized spacial score (nSPS) is 12.3. The van der Waals surface area contributed by atoms with Gasteiger partial charge in [-0.25, -0.2) is 8.42 Å². The summed E-state index contributed by atoms with van der Waals surface area (Å²) < 4.78 is 29.1. The third-order valence-electron chi connectivity index (χ3n) is 6.88. The lowest BCUT2D eigenvalue weighted by Crippen LogP contribution is -2.56. The van der Waals surface area contributed by atoms with Crippen LogP contribution in [-0.2, 0) is 32.6 Å². The van der Waals surface area contributed by atoms with E-state index < -0.39 is 40.0 Å². The Morgan fingerprint density at radius 3 is 1.89 bits per heavy atom. The molecule has 4 aromatic carbocycles. The number of nitrogens with zero attached hydrogens (tertiary/aromatic N) is 2. The second-order valence-electron chi connectivity index (χ2n) is 11.5. The monoisotopic (exact) mass is 685 g/mol. The van der Waals surface area contributed by atoms with E-state index in [0.717, 1.165) is 9.87 Å². The highest BCUT2D eigenvalue weighted by Crippen LogP contribution is 2.29. The van der Waals surface area contributed by atoms with Gasteiger partial charge in [0.15, 0.2) is 0 Å². The van der Waals surface area contributed by atoms with E-state index in [4.69, 9.17) is 34.8 Å². The highest BCUT2D eigenvalue weighted by atomic mass is 35.5. The Morgan fingerprint density at radius 1 is 0.778 bits per heavy atom. The zero-order valence-electron chi connectivity index (χ0n) is 25.1. The summed E-state index contributed by atoms with van der Waals surface area (Å²) in [6.07, 6.45) is 0.159. The van der Waals surface area contributed by atoms with Crippen molar-refractivity contribution < 1.29 is 18.0 Å². The van der Waals surface area contributed by atoms with E-state index in [1.165, 1.54) is 29.2 Å². The first-order valence-electron chi connectivity index (χ1n) is 14.2. The van der Waals surface area contributed by atoms with E-state index in [1.807, 2.05) is 51.1 Å². The molecule has 1 atom stereocenters. The van der Waals surface area contributed by atoms with Crippen molar-refractivity contribution in [2.45, 2.75) is 50.2 Å². The first-order valence-corrected chi connectivity index (χ1v) is 16.8. The number of sulfonamides is 1. The van der Waals surface area contributed by atoms with Crippen LogP contribution in [0.4, 0.5) is 5.69 Å². The molecule has 0 saturated heterocycles. The van der Waals surface area contributed by atoms with Gasteiger partial charge in [-0.2, -0.15) is 0 Å². The molecule has 236 valence electrons. The summed E-state index contributed by atoms with van der Waals surface area (Å²) in [7, 11) is -4.25. The smallest absolute Gasteiger partial charge is 0.264 e. The van der Waals surface area contributed by atoms with Crippen LogP contribution in [0.5, 0.6) is 0 Å². The number of hydrogen-bond donors (Lipinski definition) is 1. The third-order valence-corrected chi connectivity index (χ3v) is 9.63. The second kappa shape index (κ2) is 14.7. The average molecular weight is 687 g/mol. The van der Waals surface area contributed by atoms with Crippen LogP contribution >= 0.6 is 34.8 Å². The topological polar surface area (TPSA) is 86.8 Å². The molecule has 7 nitrogen and oxygen atoms in total. The van der Waals surface area contributed by atoms with Gasteiger partial charge in [0.25, 0.3) is 10.0 Å². The highest BCUT2D eigenvalue weighted by molar-refractivity contribution is 7.92. The van der Waals surface area contributed by atoms with E-state index >= 15 is 0 Å². The number of carbonyl (C=O) groups excluding carboxylic acids is 2. The van der Waals surface area contributed by atoms with Crippen molar-refractivity contribution in [2.75, 3.05) is 10.8 Å². The zero-order valence-corrected chi connectivity index (χ0v) is 28.2. The van der Waals surface area contributed by atoms with Crippen LogP contribution in [0.1, 0.15) is 31.9 Å². The lowest BCUT2D eigenvalue weighted by atomic mass is 10.0. The average Bonchev–Trinajstić information content (AvgIpc) is 2.99. The molecular formula is C34H34Cl3N3O4S. The number of carbonyl (C=O) groups is 2. The number of amides is 2. The maximum Gasteiger partial charge on any atom is 0.264 e. The number of hydrogen-bond acceptors (Lipinski definition) is 4. The molecule has 0 aromatic heterocycles. The minimum atomic E-state index is -4.25. The number of halogens is 3. The van der Waals surface area contributed by atoms with Gasteiger partial charge >= 0.3 is 0 Å². The van der Waals surface area contributed by atoms with Gasteiger partial charge in [-0.15, -0.1) is 0 Å². The van der Waals surface area contributed by atoms with Gasteiger partial charge in [-0.3, -0.25) is 13.9 Å². The van der Waals surface area contributed by atoms with E-state index in [0.29, 0.717) is 20.6 Å². The Balaban J connectivity index is 1.83. The molecule has 0 unspecified atom stereocenters. The van der Waals surface area contributed by atoms with Gasteiger partial charge in [-0.1, -0.05) is 89.4 Å². The summed E-state index contributed by atoms with van der Waals surface area (Å²) in [5.74, 6) is -1.04. The molecule has 2 amide bonds. The predicted molar refractivity (Wildman–Crippen MR) is 181 cm³/mol. The van der Waals surface area contributed by atoms with Gasteiger partial charge in [0.2, 0.25) is 11.8 Å². The van der Waals surface area contributed by atoms with Gasteiger partial charge in [0, 0.05) is 39.1 Å². The van der Waals surface area contributed by atoms with Crippen molar-refractivity contribution in [2.24, 2.45) is 0 Å². The molecule has 11 heteroatoms. The minimum absolute atomic E-state index is 0.0458. The largest absolute Gasteiger partial charge is 0.350 e. The van der Waals surface area contributed by atoms with Gasteiger partial charge in [0.05, 0.1) is 10.6 Å². The molecule has 0 radical (unpaired) electrons. The maximum atomic E-state index is 14.5. The summed E-state index contributed by atoms with van der Waals surface area (Å²) in [5, 5.41) is 3.98. The van der Waals surface area contributed by atoms with E-state index in [1.54, 1.807) is 48.5 Å². The summed E-state index contributed by atoms with van der Waals surface area (Å²) in [5.41, 5.74) is 0.901. The van der Waals surface area contributed by atoms with E-state index in [-0.39, 0.29) is 23.5 Å². The van der Waals surface area contributed by atoms with Crippen LogP contribution in [0.15, 0.2) is 108 Å². The van der Waals surface area contributed by atoms with Gasteiger partial charge in [-0.05, 0) is 74.9 Å². The maximum absolute atomic E-state index is 14.5. The molecule has 0 bridgehead atoms. The summed E-state index contributed by atoms with van der Waals surface area (Å²) >= 11 is 19.1. The van der Waals surface area contributed by atoms with Crippen molar-refractivity contribution in [3.8, 4) is 0 Å². The standard InChI is InChI=1S/C34H34Cl3N3O4S/c1-34(2,3)38-33(42)31(21-24-11-6-4-7-12-24)39(22-28-29(36)15-10-16-30(28)37)32(41)23-40(26-13-8-5-9-14-26)45(43,44)27-19-17-25(35)18-20-27/h4-20,31H,21-23H2,1-3H3,(H,38,42)/t31-/m0/s1. The molecule has 1 N–H and O–H groups in total. The van der Waals surface area contributed by atoms with Crippen LogP contribution in [0.2, 0.25) is 15.1 Å². The summed E-state index contributed by atoms with van der Waals surface area (Å²) in [4.78, 5) is 29.8. The second-order valence-corrected chi connectivity index (χ2v) is 14.6. The molecule has 0 heterocycles. The van der Waals surface area contributed by atoms with Crippen LogP contribution in [0.3, 0.4) is 0 Å². The molecule has 0 aliphatic carbocycles. The number of anilines is 1. The number of para-hydroxylation sites is 1. The van der Waals surface area contributed by atoms with Crippen molar-refractivity contribution in [1.29, 1.82) is 0 Å². The Labute approximate surface area is 279 Å². The van der Waals surface area contributed by atoms with Crippen molar-refractivity contribution >= 4 is 62.3 Å². The lowest BCUT2D eigenvalue weighted by Gasteiger charge is -2.35. The predicted octanol–water partition coefficient (Wildman–Crippen LogP) is 7.40. The van der Waals surface area contributed by atoms with Crippen LogP contribution in [-0.4, -0.2) is 43.3 Å². The van der Waals surface area contributed by atoms with E-state index in [9.17, 15) is 18.0 Å². The fourth-order valence-electron chi connectivity index (χ4n) is 4.72. The summed E-state index contributed by atoms with van der Waals surface area (Å²) in [6.45, 7) is 4.79. The SMILES string of the molecule is CC(C)(C)NC(=O)[C@H](Cc1ccccc1)N(Cc1c(Cl)cccc1Cl)C(=O)CN(c1ccccc1)S(=O)(=O)c1ccc(Cl)cc1. The molecule has 0 aliphatic rings. The lowest BCUT2D eigenvalue weighted by molar-refractivity contribution is -0.140. The first kappa shape index (κ1) is 34.3. The minimum Gasteiger partial charge on any atom is -0.350 e. The van der Waals surface area contributed by atoms with Crippen molar-refractivity contribution in [3.63, 3.8) is 0 Å². The van der Waals surface area contributed by atoms with Crippen LogP contribution < -0.4 is 9.62 Å². The zero-order chi connectivity index (χ0) is 32.8. The van der Waals surface area contributed by atoms with Crippen molar-refractivity contribution in [1.82, 2.24) is 10.2 Å². The molecule has 0 aliphatic heterocycles. The van der Waals surface area contributed by atoms with Gasteiger partial charge < -0.3 is 10.2 Å². The Kier molecular flexibility index (Phi) is 11.2. The third kappa shape index (κ3) is 9.01.